The van der Waals surface area contributed by atoms with Crippen molar-refractivity contribution in [3.63, 3.8) is 0 Å². The molecule has 21 heavy (non-hydrogen) atoms. The zero-order valence-electron chi connectivity index (χ0n) is 14.5. The molecule has 0 aromatic rings. The third-order valence-electron chi connectivity index (χ3n) is 8.31. The fourth-order valence-electron chi connectivity index (χ4n) is 6.68. The summed E-state index contributed by atoms with van der Waals surface area (Å²) >= 11 is 0. The van der Waals surface area contributed by atoms with Gasteiger partial charge in [-0.3, -0.25) is 0 Å². The normalized spacial score (nSPS) is 57.2. The second kappa shape index (κ2) is 4.85. The summed E-state index contributed by atoms with van der Waals surface area (Å²) in [6.45, 7) is 13.7. The highest BCUT2D eigenvalue weighted by Gasteiger charge is 2.62. The molecule has 4 unspecified atom stereocenters. The maximum atomic E-state index is 11.2. The summed E-state index contributed by atoms with van der Waals surface area (Å²) in [7, 11) is 0. The molecule has 1 nitrogen and oxygen atoms in total. The summed E-state index contributed by atoms with van der Waals surface area (Å²) in [4.78, 5) is 0. The monoisotopic (exact) mass is 290 g/mol. The van der Waals surface area contributed by atoms with Gasteiger partial charge in [-0.15, -0.1) is 6.58 Å². The summed E-state index contributed by atoms with van der Waals surface area (Å²) in [5.74, 6) is 2.13. The van der Waals surface area contributed by atoms with Gasteiger partial charge in [-0.2, -0.15) is 0 Å². The van der Waals surface area contributed by atoms with Crippen LogP contribution in [0.5, 0.6) is 0 Å². The lowest BCUT2D eigenvalue weighted by Crippen LogP contribution is -2.57. The number of aliphatic hydroxyl groups excluding tert-OH is 1. The van der Waals surface area contributed by atoms with E-state index < -0.39 is 0 Å². The van der Waals surface area contributed by atoms with Gasteiger partial charge in [0.2, 0.25) is 0 Å². The van der Waals surface area contributed by atoms with Crippen LogP contribution in [0.3, 0.4) is 0 Å². The Bertz CT molecular complexity index is 430. The van der Waals surface area contributed by atoms with E-state index in [4.69, 9.17) is 0 Å². The molecule has 3 rings (SSSR count). The van der Waals surface area contributed by atoms with Gasteiger partial charge in [0, 0.05) is 0 Å². The van der Waals surface area contributed by atoms with E-state index in [1.54, 1.807) is 0 Å². The van der Waals surface area contributed by atoms with E-state index in [9.17, 15) is 5.11 Å². The molecule has 3 aliphatic rings. The molecular weight excluding hydrogens is 256 g/mol. The average molecular weight is 290 g/mol. The predicted octanol–water partition coefficient (Wildman–Crippen LogP) is 5.19. The first kappa shape index (κ1) is 15.6. The standard InChI is InChI=1S/C20H34O/c1-6-18(4)12-15(3)20-10-7-8-16(20)19(5,17(21)13-18)14(2)9-11-20/h6,14-17,21H,1,7-13H2,2-5H3/t14?,15-,16?,17+,18-,19?,20?/m0/s1. The van der Waals surface area contributed by atoms with Gasteiger partial charge in [-0.1, -0.05) is 40.2 Å². The Morgan fingerprint density at radius 2 is 1.76 bits per heavy atom. The second-order valence-corrected chi connectivity index (χ2v) is 9.17. The number of aliphatic hydroxyl groups is 1. The topological polar surface area (TPSA) is 20.2 Å². The highest BCUT2D eigenvalue weighted by molar-refractivity contribution is 5.13. The predicted molar refractivity (Wildman–Crippen MR) is 89.0 cm³/mol. The van der Waals surface area contributed by atoms with Crippen LogP contribution in [0.2, 0.25) is 0 Å². The van der Waals surface area contributed by atoms with E-state index in [2.05, 4.69) is 40.3 Å². The van der Waals surface area contributed by atoms with Crippen LogP contribution in [-0.2, 0) is 0 Å². The minimum atomic E-state index is -0.175. The van der Waals surface area contributed by atoms with Crippen LogP contribution in [0.15, 0.2) is 12.7 Å². The minimum Gasteiger partial charge on any atom is -0.393 e. The first-order valence-electron chi connectivity index (χ1n) is 9.10. The summed E-state index contributed by atoms with van der Waals surface area (Å²) in [6, 6.07) is 0. The smallest absolute Gasteiger partial charge is 0.0607 e. The van der Waals surface area contributed by atoms with Crippen molar-refractivity contribution in [3.8, 4) is 0 Å². The molecule has 3 aliphatic carbocycles. The van der Waals surface area contributed by atoms with E-state index in [0.29, 0.717) is 11.3 Å². The number of allylic oxidation sites excluding steroid dienone is 1. The molecule has 0 amide bonds. The molecule has 0 aromatic heterocycles. The highest BCUT2D eigenvalue weighted by Crippen LogP contribution is 2.68. The molecule has 0 heterocycles. The Hall–Kier alpha value is -0.300. The van der Waals surface area contributed by atoms with Gasteiger partial charge < -0.3 is 5.11 Å². The molecule has 0 aliphatic heterocycles. The van der Waals surface area contributed by atoms with Crippen molar-refractivity contribution in [3.05, 3.63) is 12.7 Å². The van der Waals surface area contributed by atoms with E-state index in [0.717, 1.165) is 18.3 Å². The molecule has 1 heteroatoms. The Morgan fingerprint density at radius 1 is 1.05 bits per heavy atom. The first-order valence-corrected chi connectivity index (χ1v) is 9.10. The van der Waals surface area contributed by atoms with Crippen LogP contribution in [0.25, 0.3) is 0 Å². The lowest BCUT2D eigenvalue weighted by atomic mass is 9.44. The van der Waals surface area contributed by atoms with E-state index in [1.165, 1.54) is 38.5 Å². The van der Waals surface area contributed by atoms with Crippen LogP contribution in [0, 0.1) is 34.0 Å². The summed E-state index contributed by atoms with van der Waals surface area (Å²) < 4.78 is 0. The quantitative estimate of drug-likeness (QED) is 0.659. The van der Waals surface area contributed by atoms with Crippen molar-refractivity contribution in [2.24, 2.45) is 34.0 Å². The Morgan fingerprint density at radius 3 is 2.43 bits per heavy atom. The minimum absolute atomic E-state index is 0.0950. The third-order valence-corrected chi connectivity index (χ3v) is 8.31. The molecule has 120 valence electrons. The molecule has 0 aromatic carbocycles. The zero-order chi connectivity index (χ0) is 15.5. The van der Waals surface area contributed by atoms with E-state index in [1.807, 2.05) is 0 Å². The lowest BCUT2D eigenvalue weighted by molar-refractivity contribution is -0.160. The van der Waals surface area contributed by atoms with Gasteiger partial charge in [0.15, 0.2) is 0 Å². The van der Waals surface area contributed by atoms with Gasteiger partial charge in [-0.25, -0.2) is 0 Å². The zero-order valence-corrected chi connectivity index (χ0v) is 14.5. The molecule has 1 N–H and O–H groups in total. The van der Waals surface area contributed by atoms with Crippen LogP contribution >= 0.6 is 0 Å². The van der Waals surface area contributed by atoms with Gasteiger partial charge >= 0.3 is 0 Å². The van der Waals surface area contributed by atoms with Crippen LogP contribution < -0.4 is 0 Å². The van der Waals surface area contributed by atoms with Crippen molar-refractivity contribution in [1.29, 1.82) is 0 Å². The molecule has 3 saturated carbocycles. The molecule has 0 spiro atoms. The van der Waals surface area contributed by atoms with Crippen molar-refractivity contribution in [2.45, 2.75) is 78.7 Å². The lowest BCUT2D eigenvalue weighted by Gasteiger charge is -2.61. The van der Waals surface area contributed by atoms with Crippen molar-refractivity contribution in [2.75, 3.05) is 0 Å². The molecule has 7 atom stereocenters. The fraction of sp³-hybridized carbons (Fsp3) is 0.900. The molecule has 3 fully saturated rings. The maximum absolute atomic E-state index is 11.2. The molecule has 0 saturated heterocycles. The molecular formula is C20H34O. The fourth-order valence-corrected chi connectivity index (χ4v) is 6.68. The second-order valence-electron chi connectivity index (χ2n) is 9.17. The van der Waals surface area contributed by atoms with E-state index in [-0.39, 0.29) is 16.9 Å². The van der Waals surface area contributed by atoms with Crippen molar-refractivity contribution in [1.82, 2.24) is 0 Å². The summed E-state index contributed by atoms with van der Waals surface area (Å²) in [5, 5.41) is 11.2. The Kier molecular flexibility index (Phi) is 3.60. The molecule has 0 radical (unpaired) electrons. The average Bonchev–Trinajstić information content (AvgIpc) is 2.88. The van der Waals surface area contributed by atoms with Gasteiger partial charge in [0.1, 0.15) is 0 Å². The van der Waals surface area contributed by atoms with Gasteiger partial charge in [0.25, 0.3) is 0 Å². The largest absolute Gasteiger partial charge is 0.393 e. The van der Waals surface area contributed by atoms with Crippen molar-refractivity contribution < 1.29 is 5.11 Å². The van der Waals surface area contributed by atoms with Crippen LogP contribution in [0.1, 0.15) is 72.6 Å². The number of hydrogen-bond donors (Lipinski definition) is 1. The summed E-state index contributed by atoms with van der Waals surface area (Å²) in [6.07, 6.45) is 10.8. The Labute approximate surface area is 131 Å². The Balaban J connectivity index is 2.10. The summed E-state index contributed by atoms with van der Waals surface area (Å²) in [5.41, 5.74) is 0.693. The molecule has 2 bridgehead atoms. The van der Waals surface area contributed by atoms with Crippen LogP contribution in [0.4, 0.5) is 0 Å². The van der Waals surface area contributed by atoms with Crippen molar-refractivity contribution >= 4 is 0 Å². The van der Waals surface area contributed by atoms with Gasteiger partial charge in [0.05, 0.1) is 6.10 Å². The first-order chi connectivity index (χ1) is 9.78. The maximum Gasteiger partial charge on any atom is 0.0607 e. The third kappa shape index (κ3) is 1.99. The van der Waals surface area contributed by atoms with Gasteiger partial charge in [-0.05, 0) is 72.5 Å². The van der Waals surface area contributed by atoms with E-state index >= 15 is 0 Å². The highest BCUT2D eigenvalue weighted by atomic mass is 16.3. The van der Waals surface area contributed by atoms with Crippen LogP contribution in [-0.4, -0.2) is 11.2 Å². The SMILES string of the molecule is C=C[C@]1(C)C[C@@H](O)C2(C)C(C)CCC3(CCCC32)[C@@H](C)C1. The number of hydrogen-bond acceptors (Lipinski definition) is 1. The number of rotatable bonds is 1.